The molecule has 59 heavy (non-hydrogen) atoms. The van der Waals surface area contributed by atoms with E-state index < -0.39 is 0 Å². The molecule has 3 nitrogen and oxygen atoms in total. The molecular formula is C56H36N2O. The van der Waals surface area contributed by atoms with E-state index in [0.29, 0.717) is 0 Å². The van der Waals surface area contributed by atoms with E-state index in [1.807, 2.05) is 0 Å². The van der Waals surface area contributed by atoms with Gasteiger partial charge in [-0.1, -0.05) is 176 Å². The van der Waals surface area contributed by atoms with Crippen molar-refractivity contribution in [2.45, 2.75) is 0 Å². The van der Waals surface area contributed by atoms with Crippen LogP contribution < -0.4 is 9.80 Å². The Morgan fingerprint density at radius 2 is 0.661 bits per heavy atom. The highest BCUT2D eigenvalue weighted by atomic mass is 16.3. The summed E-state index contributed by atoms with van der Waals surface area (Å²) in [6, 6.07) is 78.7. The Morgan fingerprint density at radius 3 is 1.19 bits per heavy atom. The molecule has 0 fully saturated rings. The molecule has 0 aliphatic heterocycles. The van der Waals surface area contributed by atoms with Gasteiger partial charge in [0.1, 0.15) is 5.58 Å². The highest BCUT2D eigenvalue weighted by Gasteiger charge is 2.30. The zero-order valence-electron chi connectivity index (χ0n) is 32.1. The van der Waals surface area contributed by atoms with Gasteiger partial charge in [-0.05, 0) is 74.8 Å². The molecule has 0 radical (unpaired) electrons. The summed E-state index contributed by atoms with van der Waals surface area (Å²) in [5.41, 5.74) is 8.05. The first-order valence-corrected chi connectivity index (χ1v) is 20.2. The molecular weight excluding hydrogens is 717 g/mol. The summed E-state index contributed by atoms with van der Waals surface area (Å²) in [5.74, 6) is 0. The van der Waals surface area contributed by atoms with E-state index in [1.165, 1.54) is 43.1 Å². The monoisotopic (exact) mass is 752 g/mol. The average Bonchev–Trinajstić information content (AvgIpc) is 3.70. The molecule has 12 aromatic rings. The smallest absolute Gasteiger partial charge is 0.162 e. The number of hydrogen-bond donors (Lipinski definition) is 0. The van der Waals surface area contributed by atoms with Crippen LogP contribution >= 0.6 is 0 Å². The predicted molar refractivity (Wildman–Crippen MR) is 251 cm³/mol. The number of anilines is 6. The lowest BCUT2D eigenvalue weighted by molar-refractivity contribution is 0.669. The molecule has 276 valence electrons. The Kier molecular flexibility index (Phi) is 7.54. The molecule has 0 bridgehead atoms. The fraction of sp³-hybridized carbons (Fsp3) is 0. The minimum Gasteiger partial charge on any atom is -0.454 e. The Balaban J connectivity index is 1.28. The van der Waals surface area contributed by atoms with Crippen molar-refractivity contribution in [2.75, 3.05) is 9.80 Å². The van der Waals surface area contributed by atoms with Crippen LogP contribution in [-0.2, 0) is 0 Å². The maximum Gasteiger partial charge on any atom is 0.162 e. The Bertz CT molecular complexity index is 3570. The van der Waals surface area contributed by atoms with Crippen LogP contribution in [0, 0.1) is 0 Å². The second-order valence-corrected chi connectivity index (χ2v) is 15.2. The third-order valence-corrected chi connectivity index (χ3v) is 11.9. The zero-order chi connectivity index (χ0) is 38.9. The normalized spacial score (nSPS) is 11.7. The number of benzene rings is 11. The minimum absolute atomic E-state index is 0.826. The lowest BCUT2D eigenvalue weighted by atomic mass is 9.95. The van der Waals surface area contributed by atoms with Crippen molar-refractivity contribution in [1.82, 2.24) is 0 Å². The van der Waals surface area contributed by atoms with E-state index in [2.05, 4.69) is 228 Å². The first-order chi connectivity index (χ1) is 29.3. The van der Waals surface area contributed by atoms with Crippen LogP contribution in [0.5, 0.6) is 0 Å². The van der Waals surface area contributed by atoms with Gasteiger partial charge in [0.2, 0.25) is 0 Å². The van der Waals surface area contributed by atoms with E-state index in [1.54, 1.807) is 0 Å². The van der Waals surface area contributed by atoms with Gasteiger partial charge in [0.05, 0.1) is 28.1 Å². The molecule has 0 saturated heterocycles. The average molecular weight is 753 g/mol. The van der Waals surface area contributed by atoms with Gasteiger partial charge in [-0.25, -0.2) is 0 Å². The highest BCUT2D eigenvalue weighted by Crippen LogP contribution is 2.55. The fourth-order valence-corrected chi connectivity index (χ4v) is 9.43. The molecule has 0 saturated carbocycles. The standard InChI is InChI=1S/C56H36N2O/c1-3-21-39(22-4-1)57(50-35-37-19-7-9-25-41(37)43-27-11-13-29-45(43)50)54-47-31-15-16-32-48(47)55(56-53(54)49-33-17-18-34-52(49)59-56)58(40-23-5-2-6-24-40)51-36-38-20-8-10-26-42(38)44-28-12-14-30-46(44)51/h1-36H. The molecule has 0 unspecified atom stereocenters. The SMILES string of the molecule is c1ccc(N(c2cc3ccccc3c3ccccc23)c2c3ccccc3c(N(c3ccccc3)c3cc4ccccc4c4ccccc34)c3c2oc2ccccc23)cc1. The number of furan rings is 1. The largest absolute Gasteiger partial charge is 0.454 e. The van der Waals surface area contributed by atoms with E-state index >= 15 is 0 Å². The summed E-state index contributed by atoms with van der Waals surface area (Å²) in [5, 5.41) is 13.9. The van der Waals surface area contributed by atoms with Crippen LogP contribution in [0.1, 0.15) is 0 Å². The molecule has 0 amide bonds. The van der Waals surface area contributed by atoms with Gasteiger partial charge < -0.3 is 14.2 Å². The van der Waals surface area contributed by atoms with Crippen molar-refractivity contribution in [2.24, 2.45) is 0 Å². The first-order valence-electron chi connectivity index (χ1n) is 20.2. The summed E-state index contributed by atoms with van der Waals surface area (Å²) in [4.78, 5) is 4.91. The van der Waals surface area contributed by atoms with Crippen LogP contribution in [-0.4, -0.2) is 0 Å². The molecule has 11 aromatic carbocycles. The second-order valence-electron chi connectivity index (χ2n) is 15.2. The van der Waals surface area contributed by atoms with Gasteiger partial charge in [0.15, 0.2) is 5.58 Å². The zero-order valence-corrected chi connectivity index (χ0v) is 32.1. The summed E-state index contributed by atoms with van der Waals surface area (Å²) >= 11 is 0. The van der Waals surface area contributed by atoms with E-state index in [4.69, 9.17) is 4.42 Å². The molecule has 1 aromatic heterocycles. The molecule has 12 rings (SSSR count). The van der Waals surface area contributed by atoms with Gasteiger partial charge in [0.25, 0.3) is 0 Å². The number of rotatable bonds is 6. The third-order valence-electron chi connectivity index (χ3n) is 11.9. The van der Waals surface area contributed by atoms with E-state index in [-0.39, 0.29) is 0 Å². The van der Waals surface area contributed by atoms with Crippen molar-refractivity contribution in [1.29, 1.82) is 0 Å². The van der Waals surface area contributed by atoms with Crippen LogP contribution in [0.3, 0.4) is 0 Å². The predicted octanol–water partition coefficient (Wildman–Crippen LogP) is 16.3. The number of hydrogen-bond acceptors (Lipinski definition) is 3. The Labute approximate surface area is 341 Å². The number of nitrogens with zero attached hydrogens (tertiary/aromatic N) is 2. The highest BCUT2D eigenvalue weighted by molar-refractivity contribution is 6.30. The van der Waals surface area contributed by atoms with Gasteiger partial charge in [0, 0.05) is 38.3 Å². The lowest BCUT2D eigenvalue weighted by Crippen LogP contribution is -2.15. The summed E-state index contributed by atoms with van der Waals surface area (Å²) in [7, 11) is 0. The molecule has 0 aliphatic rings. The van der Waals surface area contributed by atoms with Crippen LogP contribution in [0.4, 0.5) is 34.1 Å². The maximum atomic E-state index is 7.27. The maximum absolute atomic E-state index is 7.27. The van der Waals surface area contributed by atoms with Crippen LogP contribution in [0.15, 0.2) is 223 Å². The van der Waals surface area contributed by atoms with Crippen LogP contribution in [0.2, 0.25) is 0 Å². The van der Waals surface area contributed by atoms with E-state index in [0.717, 1.165) is 66.8 Å². The number of fused-ring (bicyclic) bond motifs is 10. The van der Waals surface area contributed by atoms with Gasteiger partial charge in [-0.15, -0.1) is 0 Å². The summed E-state index contributed by atoms with van der Waals surface area (Å²) < 4.78 is 7.27. The topological polar surface area (TPSA) is 19.6 Å². The fourth-order valence-electron chi connectivity index (χ4n) is 9.43. The minimum atomic E-state index is 0.826. The van der Waals surface area contributed by atoms with Crippen molar-refractivity contribution in [3.05, 3.63) is 218 Å². The quantitative estimate of drug-likeness (QED) is 0.125. The van der Waals surface area contributed by atoms with Crippen molar-refractivity contribution in [3.8, 4) is 0 Å². The van der Waals surface area contributed by atoms with E-state index in [9.17, 15) is 0 Å². The Hall–Kier alpha value is -7.88. The van der Waals surface area contributed by atoms with Gasteiger partial charge >= 0.3 is 0 Å². The number of para-hydroxylation sites is 3. The molecule has 0 aliphatic carbocycles. The summed E-state index contributed by atoms with van der Waals surface area (Å²) in [6.07, 6.45) is 0. The molecule has 1 heterocycles. The molecule has 0 N–H and O–H groups in total. The third kappa shape index (κ3) is 5.15. The first kappa shape index (κ1) is 33.3. The Morgan fingerprint density at radius 1 is 0.288 bits per heavy atom. The molecule has 0 spiro atoms. The van der Waals surface area contributed by atoms with Crippen molar-refractivity contribution >= 4 is 110 Å². The molecule has 0 atom stereocenters. The van der Waals surface area contributed by atoms with Crippen molar-refractivity contribution in [3.63, 3.8) is 0 Å². The van der Waals surface area contributed by atoms with Crippen LogP contribution in [0.25, 0.3) is 75.8 Å². The van der Waals surface area contributed by atoms with Crippen molar-refractivity contribution < 1.29 is 4.42 Å². The molecule has 3 heteroatoms. The second kappa shape index (κ2) is 13.4. The van der Waals surface area contributed by atoms with Gasteiger partial charge in [-0.2, -0.15) is 0 Å². The summed E-state index contributed by atoms with van der Waals surface area (Å²) in [6.45, 7) is 0. The van der Waals surface area contributed by atoms with Gasteiger partial charge in [-0.3, -0.25) is 0 Å². The lowest BCUT2D eigenvalue weighted by Gasteiger charge is -2.32.